The maximum Gasteiger partial charge on any atom is 0.322 e. The average molecular weight is 355 g/mol. The molecule has 5 N–H and O–H groups in total. The van der Waals surface area contributed by atoms with Crippen LogP contribution in [0.1, 0.15) is 11.1 Å². The van der Waals surface area contributed by atoms with Gasteiger partial charge in [-0.3, -0.25) is 14.9 Å². The molecule has 3 rings (SSSR count). The molecule has 26 heavy (non-hydrogen) atoms. The monoisotopic (exact) mass is 355 g/mol. The third-order valence-corrected chi connectivity index (χ3v) is 3.76. The van der Waals surface area contributed by atoms with Gasteiger partial charge in [0.1, 0.15) is 12.1 Å². The molecule has 1 heterocycles. The molecule has 2 atom stereocenters. The van der Waals surface area contributed by atoms with Gasteiger partial charge >= 0.3 is 12.0 Å². The highest BCUT2D eigenvalue weighted by Crippen LogP contribution is 2.05. The van der Waals surface area contributed by atoms with Gasteiger partial charge in [0, 0.05) is 6.42 Å². The van der Waals surface area contributed by atoms with Crippen LogP contribution in [0.25, 0.3) is 0 Å². The second kappa shape index (κ2) is 9.33. The zero-order valence-electron chi connectivity index (χ0n) is 14.1. The van der Waals surface area contributed by atoms with Gasteiger partial charge in [-0.25, -0.2) is 4.79 Å². The highest BCUT2D eigenvalue weighted by molar-refractivity contribution is 6.04. The number of nitrogens with two attached hydrogens (primary N) is 1. The molecule has 7 heteroatoms. The van der Waals surface area contributed by atoms with Crippen LogP contribution < -0.4 is 16.4 Å². The van der Waals surface area contributed by atoms with Gasteiger partial charge in [-0.1, -0.05) is 60.7 Å². The number of rotatable bonds is 5. The topological polar surface area (TPSA) is 122 Å². The quantitative estimate of drug-likeness (QED) is 0.598. The lowest BCUT2D eigenvalue weighted by atomic mass is 10.1. The van der Waals surface area contributed by atoms with Gasteiger partial charge in [-0.05, 0) is 17.5 Å². The molecular weight excluding hydrogens is 334 g/mol. The van der Waals surface area contributed by atoms with Crippen LogP contribution in [-0.4, -0.2) is 35.1 Å². The Kier molecular flexibility index (Phi) is 6.87. The minimum atomic E-state index is -0.959. The lowest BCUT2D eigenvalue weighted by Gasteiger charge is -2.06. The Bertz CT molecular complexity index is 750. The summed E-state index contributed by atoms with van der Waals surface area (Å²) in [6, 6.07) is 17.3. The summed E-state index contributed by atoms with van der Waals surface area (Å²) in [5, 5.41) is 13.3. The Morgan fingerprint density at radius 1 is 1.00 bits per heavy atom. The molecule has 1 unspecified atom stereocenters. The van der Waals surface area contributed by atoms with Crippen molar-refractivity contribution in [1.29, 1.82) is 0 Å². The number of nitrogens with one attached hydrogen (secondary N) is 2. The van der Waals surface area contributed by atoms with E-state index in [-0.39, 0.29) is 5.91 Å². The van der Waals surface area contributed by atoms with Crippen molar-refractivity contribution >= 4 is 17.9 Å². The molecule has 136 valence electrons. The first-order valence-corrected chi connectivity index (χ1v) is 8.13. The van der Waals surface area contributed by atoms with Gasteiger partial charge in [0.15, 0.2) is 0 Å². The Labute approximate surface area is 151 Å². The van der Waals surface area contributed by atoms with E-state index in [1.165, 1.54) is 0 Å². The average Bonchev–Trinajstić information content (AvgIpc) is 2.94. The van der Waals surface area contributed by atoms with Crippen LogP contribution in [-0.2, 0) is 22.4 Å². The van der Waals surface area contributed by atoms with Crippen LogP contribution in [0.5, 0.6) is 0 Å². The third-order valence-electron chi connectivity index (χ3n) is 3.76. The summed E-state index contributed by atoms with van der Waals surface area (Å²) in [5.74, 6) is -1.21. The van der Waals surface area contributed by atoms with Gasteiger partial charge in [0.2, 0.25) is 0 Å². The molecule has 0 aromatic heterocycles. The Hall–Kier alpha value is -3.19. The maximum absolute atomic E-state index is 11.2. The number of hydrogen-bond donors (Lipinski definition) is 4. The van der Waals surface area contributed by atoms with E-state index in [0.29, 0.717) is 12.8 Å². The summed E-state index contributed by atoms with van der Waals surface area (Å²) in [5.41, 5.74) is 7.34. The Morgan fingerprint density at radius 2 is 1.54 bits per heavy atom. The number of amides is 3. The first-order valence-electron chi connectivity index (χ1n) is 8.13. The molecule has 2 aromatic carbocycles. The zero-order chi connectivity index (χ0) is 18.9. The number of carboxylic acids is 1. The van der Waals surface area contributed by atoms with Gasteiger partial charge in [-0.15, -0.1) is 0 Å². The summed E-state index contributed by atoms with van der Waals surface area (Å²) in [6.45, 7) is 0. The van der Waals surface area contributed by atoms with Crippen molar-refractivity contribution in [2.45, 2.75) is 24.9 Å². The molecule has 1 saturated heterocycles. The molecule has 0 spiro atoms. The van der Waals surface area contributed by atoms with E-state index in [9.17, 15) is 14.4 Å². The second-order valence-corrected chi connectivity index (χ2v) is 5.84. The highest BCUT2D eigenvalue weighted by Gasteiger charge is 2.29. The number of urea groups is 1. The molecule has 1 aliphatic rings. The van der Waals surface area contributed by atoms with Crippen molar-refractivity contribution in [2.24, 2.45) is 5.73 Å². The van der Waals surface area contributed by atoms with Crippen LogP contribution in [0.4, 0.5) is 4.79 Å². The van der Waals surface area contributed by atoms with E-state index in [4.69, 9.17) is 10.8 Å². The number of aliphatic carboxylic acids is 1. The van der Waals surface area contributed by atoms with Crippen LogP contribution in [0.2, 0.25) is 0 Å². The summed E-state index contributed by atoms with van der Waals surface area (Å²) in [7, 11) is 0. The molecule has 3 amide bonds. The lowest BCUT2D eigenvalue weighted by molar-refractivity contribution is -0.138. The van der Waals surface area contributed by atoms with Gasteiger partial charge in [0.25, 0.3) is 5.91 Å². The lowest BCUT2D eigenvalue weighted by Crippen LogP contribution is -2.32. The van der Waals surface area contributed by atoms with E-state index in [2.05, 4.69) is 10.6 Å². The number of carboxylic acid groups (broad SMARTS) is 1. The van der Waals surface area contributed by atoms with Crippen molar-refractivity contribution in [3.05, 3.63) is 71.8 Å². The number of carbonyl (C=O) groups excluding carboxylic acids is 2. The smallest absolute Gasteiger partial charge is 0.322 e. The summed E-state index contributed by atoms with van der Waals surface area (Å²) < 4.78 is 0. The van der Waals surface area contributed by atoms with E-state index in [0.717, 1.165) is 11.1 Å². The van der Waals surface area contributed by atoms with Crippen LogP contribution in [0.15, 0.2) is 60.7 Å². The first-order chi connectivity index (χ1) is 12.5. The molecule has 1 fully saturated rings. The first kappa shape index (κ1) is 19.1. The van der Waals surface area contributed by atoms with E-state index >= 15 is 0 Å². The Morgan fingerprint density at radius 3 is 2.00 bits per heavy atom. The molecule has 0 radical (unpaired) electrons. The molecule has 7 nitrogen and oxygen atoms in total. The van der Waals surface area contributed by atoms with Crippen molar-refractivity contribution in [3.63, 3.8) is 0 Å². The molecule has 0 saturated carbocycles. The highest BCUT2D eigenvalue weighted by atomic mass is 16.4. The van der Waals surface area contributed by atoms with E-state index in [1.54, 1.807) is 0 Å². The zero-order valence-corrected chi connectivity index (χ0v) is 14.1. The SMILES string of the molecule is N[C@@H](Cc1ccccc1)C(=O)O.O=C1NC(=O)C(Cc2ccccc2)N1. The van der Waals surface area contributed by atoms with Gasteiger partial charge in [0.05, 0.1) is 0 Å². The summed E-state index contributed by atoms with van der Waals surface area (Å²) in [6.07, 6.45) is 0.925. The van der Waals surface area contributed by atoms with Crippen LogP contribution in [0.3, 0.4) is 0 Å². The maximum atomic E-state index is 11.2. The number of carbonyl (C=O) groups is 3. The minimum absolute atomic E-state index is 0.251. The van der Waals surface area contributed by atoms with Gasteiger partial charge < -0.3 is 16.2 Å². The number of hydrogen-bond acceptors (Lipinski definition) is 4. The van der Waals surface area contributed by atoms with Crippen LogP contribution >= 0.6 is 0 Å². The van der Waals surface area contributed by atoms with E-state index < -0.39 is 24.1 Å². The van der Waals surface area contributed by atoms with E-state index in [1.807, 2.05) is 60.7 Å². The molecule has 0 aliphatic carbocycles. The van der Waals surface area contributed by atoms with Crippen molar-refractivity contribution in [3.8, 4) is 0 Å². The van der Waals surface area contributed by atoms with Gasteiger partial charge in [-0.2, -0.15) is 0 Å². The third kappa shape index (κ3) is 6.03. The number of benzene rings is 2. The summed E-state index contributed by atoms with van der Waals surface area (Å²) >= 11 is 0. The fourth-order valence-corrected chi connectivity index (χ4v) is 2.41. The fraction of sp³-hybridized carbons (Fsp3) is 0.211. The largest absolute Gasteiger partial charge is 0.480 e. The minimum Gasteiger partial charge on any atom is -0.480 e. The second-order valence-electron chi connectivity index (χ2n) is 5.84. The molecule has 2 aromatic rings. The normalized spacial score (nSPS) is 16.7. The predicted octanol–water partition coefficient (Wildman–Crippen LogP) is 1.08. The van der Waals surface area contributed by atoms with Crippen LogP contribution in [0, 0.1) is 0 Å². The van der Waals surface area contributed by atoms with Crippen molar-refractivity contribution < 1.29 is 19.5 Å². The van der Waals surface area contributed by atoms with Crippen molar-refractivity contribution in [1.82, 2.24) is 10.6 Å². The molecule has 1 aliphatic heterocycles. The summed E-state index contributed by atoms with van der Waals surface area (Å²) in [4.78, 5) is 32.4. The number of imide groups is 1. The standard InChI is InChI=1S/C10H10N2O2.C9H11NO2/c13-9-8(11-10(14)12-9)6-7-4-2-1-3-5-7;10-8(9(11)12)6-7-4-2-1-3-5-7/h1-5,8H,6H2,(H2,11,12,13,14);1-5,8H,6,10H2,(H,11,12)/t;8-/m.0/s1. The molecule has 0 bridgehead atoms. The Balaban J connectivity index is 0.000000190. The predicted molar refractivity (Wildman–Crippen MR) is 96.4 cm³/mol. The molecular formula is C19H21N3O4. The fourth-order valence-electron chi connectivity index (χ4n) is 2.41. The van der Waals surface area contributed by atoms with Crippen molar-refractivity contribution in [2.75, 3.05) is 0 Å².